The second kappa shape index (κ2) is 28.0. The van der Waals surface area contributed by atoms with Gasteiger partial charge < -0.3 is 32.8 Å². The topological polar surface area (TPSA) is 134 Å². The van der Waals surface area contributed by atoms with Crippen molar-refractivity contribution in [2.75, 3.05) is 0 Å². The van der Waals surface area contributed by atoms with Crippen LogP contribution in [-0.2, 0) is 14.1 Å². The van der Waals surface area contributed by atoms with E-state index in [1.165, 1.54) is 48.3 Å². The van der Waals surface area contributed by atoms with Crippen LogP contribution in [0.2, 0.25) is 13.3 Å². The number of nitrogens with zero attached hydrogens (tertiary/aromatic N) is 5. The third kappa shape index (κ3) is 13.9. The molecule has 10 nitrogen and oxygen atoms in total. The van der Waals surface area contributed by atoms with Crippen LogP contribution in [0.15, 0.2) is 181 Å². The molecule has 0 spiro atoms. The Morgan fingerprint density at radius 1 is 0.560 bits per heavy atom. The van der Waals surface area contributed by atoms with E-state index in [0.717, 1.165) is 82.1 Å². The molecule has 0 saturated heterocycles. The molecule has 0 aromatic carbocycles. The molecule has 382 valence electrons. The van der Waals surface area contributed by atoms with Crippen LogP contribution in [-0.4, -0.2) is 52.9 Å². The summed E-state index contributed by atoms with van der Waals surface area (Å²) in [5.74, 6) is 0. The summed E-state index contributed by atoms with van der Waals surface area (Å²) < 4.78 is 27.2. The molecule has 0 aliphatic carbocycles. The van der Waals surface area contributed by atoms with E-state index >= 15 is 0 Å². The van der Waals surface area contributed by atoms with E-state index in [0.29, 0.717) is 0 Å². The smallest absolute Gasteiger partial charge is 0.870 e. The van der Waals surface area contributed by atoms with Crippen molar-refractivity contribution in [2.24, 2.45) is 14.1 Å². The van der Waals surface area contributed by atoms with Crippen molar-refractivity contribution in [3.05, 3.63) is 168 Å². The molecule has 16 heteroatoms. The monoisotopic (exact) mass is 1240 g/mol. The third-order valence-corrected chi connectivity index (χ3v) is 34.9. The maximum Gasteiger partial charge on any atom is 1.00 e. The van der Waals surface area contributed by atoms with Gasteiger partial charge in [-0.1, -0.05) is 12.1 Å². The standard InChI is InChI=1S/C16H12N2OS.C15H10N2OS.C12H9BrN2O.C4H3S.3C4H9.Na.H2O.Sn/c1-18-9-14(11-4-5-19-10-11)13-7-12(8-17-16(13)18)15-3-2-6-20-15;1-2-14(19-5-1)11-6-12-13(10-3-4-18-9-10)8-17-15(12)16-7-11;1-15-6-11(8-2-3-16-7-8)10-4-9(13)5-14-12(10)15;1-2-4-5-3-1;3*1-3-4-2;;;/h2-10H,1H3;1-9H,(H,16,17);2-7H,1H3;1-3H;3*1,3-4H2,2H3;;1H2;/q;;;;;;;+1;;/p-1. The average molecular weight is 1240 g/mol. The van der Waals surface area contributed by atoms with Gasteiger partial charge in [-0.2, -0.15) is 0 Å². The maximum atomic E-state index is 5.20. The van der Waals surface area contributed by atoms with Crippen LogP contribution in [0.4, 0.5) is 0 Å². The first-order valence-electron chi connectivity index (χ1n) is 25.0. The van der Waals surface area contributed by atoms with E-state index in [1.807, 2.05) is 64.5 Å². The number of aromatic amines is 1. The summed E-state index contributed by atoms with van der Waals surface area (Å²) in [6.45, 7) is 7.06. The summed E-state index contributed by atoms with van der Waals surface area (Å²) in [5.41, 5.74) is 11.8. The molecule has 0 aliphatic heterocycles. The van der Waals surface area contributed by atoms with Crippen molar-refractivity contribution in [3.8, 4) is 54.3 Å². The van der Waals surface area contributed by atoms with E-state index in [-0.39, 0.29) is 35.0 Å². The van der Waals surface area contributed by atoms with Crippen molar-refractivity contribution >= 4 is 104 Å². The normalized spacial score (nSPS) is 11.1. The summed E-state index contributed by atoms with van der Waals surface area (Å²) in [5, 5.41) is 9.87. The molecule has 0 bridgehead atoms. The Bertz CT molecular complexity index is 3510. The van der Waals surface area contributed by atoms with Crippen LogP contribution in [0.1, 0.15) is 59.3 Å². The first-order valence-corrected chi connectivity index (χ1v) is 35.9. The minimum atomic E-state index is -2.01. The van der Waals surface area contributed by atoms with E-state index in [9.17, 15) is 0 Å². The SMILES string of the molecule is CCC[CH2][Sn]([CH2]CCC)([CH2]CCC)[c]1cccs1.Cn1cc(-c2ccoc2)c2cc(-c3cccs3)cnc21.Cn1cc(-c2ccoc2)c2cc(Br)cnc21.[Na+].[OH-].c1csc(-c2cnc3[nH]cc(-c4ccoc4)c3c2)c1. The largest absolute Gasteiger partial charge is 1.00 e. The summed E-state index contributed by atoms with van der Waals surface area (Å²) >= 11 is 6.96. The van der Waals surface area contributed by atoms with Crippen LogP contribution >= 0.6 is 49.9 Å². The van der Waals surface area contributed by atoms with Gasteiger partial charge in [0.2, 0.25) is 0 Å². The number of hydrogen-bond acceptors (Lipinski definition) is 10. The zero-order chi connectivity index (χ0) is 50.6. The molecule has 0 radical (unpaired) electrons. The predicted molar refractivity (Wildman–Crippen MR) is 316 cm³/mol. The number of fused-ring (bicyclic) bond motifs is 3. The Labute approximate surface area is 485 Å². The van der Waals surface area contributed by atoms with Gasteiger partial charge in [-0.3, -0.25) is 0 Å². The quantitative estimate of drug-likeness (QED) is 0.101. The number of hydrogen-bond donors (Lipinski definition) is 1. The molecule has 0 amide bonds. The average Bonchev–Trinajstić information content (AvgIpc) is 4.25. The van der Waals surface area contributed by atoms with Crippen molar-refractivity contribution in [1.82, 2.24) is 29.1 Å². The number of H-pyrrole nitrogens is 1. The molecule has 0 saturated carbocycles. The Morgan fingerprint density at radius 2 is 1.03 bits per heavy atom. The summed E-state index contributed by atoms with van der Waals surface area (Å²) in [6.07, 6.45) is 30.7. The molecule has 0 atom stereocenters. The van der Waals surface area contributed by atoms with Crippen LogP contribution in [0.5, 0.6) is 0 Å². The van der Waals surface area contributed by atoms with Gasteiger partial charge in [0, 0.05) is 126 Å². The Morgan fingerprint density at radius 3 is 1.49 bits per heavy atom. The van der Waals surface area contributed by atoms with Gasteiger partial charge in [-0.25, -0.2) is 15.0 Å². The van der Waals surface area contributed by atoms with E-state index in [1.54, 1.807) is 73.6 Å². The second-order valence-electron chi connectivity index (χ2n) is 18.3. The van der Waals surface area contributed by atoms with Gasteiger partial charge in [0.05, 0.1) is 37.6 Å². The number of pyridine rings is 3. The predicted octanol–water partition coefficient (Wildman–Crippen LogP) is 15.3. The Kier molecular flexibility index (Phi) is 21.7. The number of unbranched alkanes of at least 4 members (excludes halogenated alkanes) is 3. The molecular formula is C59H62BrN6NaO4S3Sn. The number of rotatable bonds is 15. The zero-order valence-electron chi connectivity index (χ0n) is 43.5. The Hall–Kier alpha value is -4.75. The van der Waals surface area contributed by atoms with Crippen molar-refractivity contribution in [3.63, 3.8) is 0 Å². The van der Waals surface area contributed by atoms with Gasteiger partial charge in [-0.15, -0.1) is 22.7 Å². The zero-order valence-corrected chi connectivity index (χ0v) is 52.4. The fourth-order valence-corrected chi connectivity index (χ4v) is 31.1. The van der Waals surface area contributed by atoms with E-state index in [2.05, 4.69) is 156 Å². The van der Waals surface area contributed by atoms with Crippen LogP contribution in [0.25, 0.3) is 87.4 Å². The molecule has 75 heavy (non-hydrogen) atoms. The molecule has 12 aromatic rings. The first-order chi connectivity index (χ1) is 35.8. The van der Waals surface area contributed by atoms with Gasteiger partial charge in [0.25, 0.3) is 0 Å². The molecule has 0 unspecified atom stereocenters. The van der Waals surface area contributed by atoms with Crippen molar-refractivity contribution in [1.29, 1.82) is 0 Å². The minimum absolute atomic E-state index is 0. The summed E-state index contributed by atoms with van der Waals surface area (Å²) in [6, 6.07) is 25.4. The molecular weight excluding hydrogens is 1170 g/mol. The number of aryl methyl sites for hydroxylation is 2. The minimum Gasteiger partial charge on any atom is -0.870 e. The van der Waals surface area contributed by atoms with Crippen molar-refractivity contribution in [2.45, 2.75) is 72.6 Å². The molecule has 0 aliphatic rings. The maximum absolute atomic E-state index is 5.20. The van der Waals surface area contributed by atoms with E-state index in [4.69, 9.17) is 13.3 Å². The van der Waals surface area contributed by atoms with Crippen LogP contribution < -0.4 is 32.5 Å². The molecule has 12 heterocycles. The van der Waals surface area contributed by atoms with Crippen LogP contribution in [0.3, 0.4) is 0 Å². The fourth-order valence-electron chi connectivity index (χ4n) is 9.48. The van der Waals surface area contributed by atoms with Gasteiger partial charge in [0.1, 0.15) is 16.9 Å². The molecule has 12 rings (SSSR count). The van der Waals surface area contributed by atoms with Crippen molar-refractivity contribution < 1.29 is 48.3 Å². The first kappa shape index (κ1) is 57.9. The van der Waals surface area contributed by atoms with Crippen LogP contribution in [0, 0.1) is 0 Å². The molecule has 2 N–H and O–H groups in total. The molecule has 0 fully saturated rings. The van der Waals surface area contributed by atoms with E-state index < -0.39 is 18.4 Å². The number of thiophene rings is 3. The number of halogens is 1. The van der Waals surface area contributed by atoms with Gasteiger partial charge in [-0.05, 0) is 75.2 Å². The summed E-state index contributed by atoms with van der Waals surface area (Å²) in [4.78, 5) is 19.2. The molecule has 12 aromatic heterocycles. The number of aromatic nitrogens is 6. The van der Waals surface area contributed by atoms with Gasteiger partial charge >= 0.3 is 152 Å². The number of furan rings is 3. The third-order valence-electron chi connectivity index (χ3n) is 13.3. The number of nitrogens with one attached hydrogen (secondary N) is 1. The second-order valence-corrected chi connectivity index (χ2v) is 36.2. The van der Waals surface area contributed by atoms with Gasteiger partial charge in [0.15, 0.2) is 0 Å². The Balaban J connectivity index is 0.000000145. The fraction of sp³-hybridized carbons (Fsp3) is 0.237. The summed E-state index contributed by atoms with van der Waals surface area (Å²) in [7, 11) is 4.01.